The molecule has 1 atom stereocenters. The van der Waals surface area contributed by atoms with Crippen molar-refractivity contribution in [3.63, 3.8) is 0 Å². The maximum absolute atomic E-state index is 12.9. The predicted molar refractivity (Wildman–Crippen MR) is 120 cm³/mol. The van der Waals surface area contributed by atoms with E-state index >= 15 is 0 Å². The first-order valence-electron chi connectivity index (χ1n) is 10.8. The van der Waals surface area contributed by atoms with E-state index in [0.29, 0.717) is 16.7 Å². The Kier molecular flexibility index (Phi) is 4.68. The second-order valence-corrected chi connectivity index (χ2v) is 8.81. The number of pyridine rings is 1. The van der Waals surface area contributed by atoms with E-state index in [1.54, 1.807) is 40.9 Å². The second kappa shape index (κ2) is 7.41. The van der Waals surface area contributed by atoms with Gasteiger partial charge in [0.2, 0.25) is 0 Å². The van der Waals surface area contributed by atoms with Crippen molar-refractivity contribution in [1.29, 1.82) is 0 Å². The summed E-state index contributed by atoms with van der Waals surface area (Å²) in [4.78, 5) is 31.5. The molecule has 0 bridgehead atoms. The number of rotatable bonds is 5. The van der Waals surface area contributed by atoms with Crippen LogP contribution in [0.25, 0.3) is 5.65 Å². The molecular weight excluding hydrogens is 392 g/mol. The number of carboxylic acids is 1. The maximum Gasteiger partial charge on any atom is 0.337 e. The Balaban J connectivity index is 1.49. The Morgan fingerprint density at radius 2 is 1.87 bits per heavy atom. The van der Waals surface area contributed by atoms with E-state index in [1.807, 2.05) is 19.1 Å². The van der Waals surface area contributed by atoms with E-state index in [9.17, 15) is 14.7 Å². The standard InChI is InChI=1S/C24H26N4O3/c1-16(25-19-7-3-2-5-18(19)23(30)31)17-6-4-12-28-21(29)15-20(26-22(17)28)27-13-10-24(8-9-24)11-14-27/h2-7,12,15-16,25H,8-11,13-14H2,1H3,(H,30,31)/t16-/m1/s1. The van der Waals surface area contributed by atoms with E-state index in [-0.39, 0.29) is 17.2 Å². The zero-order valence-electron chi connectivity index (χ0n) is 17.5. The predicted octanol–water partition coefficient (Wildman–Crippen LogP) is 3.95. The monoisotopic (exact) mass is 418 g/mol. The highest BCUT2D eigenvalue weighted by atomic mass is 16.4. The molecule has 7 nitrogen and oxygen atoms in total. The molecule has 0 amide bonds. The molecule has 2 aromatic heterocycles. The zero-order valence-corrected chi connectivity index (χ0v) is 17.5. The summed E-state index contributed by atoms with van der Waals surface area (Å²) in [7, 11) is 0. The summed E-state index contributed by atoms with van der Waals surface area (Å²) in [5, 5.41) is 12.8. The van der Waals surface area contributed by atoms with Crippen LogP contribution in [-0.4, -0.2) is 33.6 Å². The van der Waals surface area contributed by atoms with Crippen LogP contribution in [0.5, 0.6) is 0 Å². The van der Waals surface area contributed by atoms with Crippen LogP contribution >= 0.6 is 0 Å². The maximum atomic E-state index is 12.9. The minimum atomic E-state index is -0.983. The van der Waals surface area contributed by atoms with Crippen LogP contribution in [0.3, 0.4) is 0 Å². The number of carbonyl (C=O) groups is 1. The third-order valence-electron chi connectivity index (χ3n) is 6.81. The Labute approximate surface area is 180 Å². The van der Waals surface area contributed by atoms with Crippen LogP contribution in [0.15, 0.2) is 53.5 Å². The summed E-state index contributed by atoms with van der Waals surface area (Å²) in [6.45, 7) is 3.82. The molecule has 1 aromatic carbocycles. The number of carboxylic acid groups (broad SMARTS) is 1. The molecule has 0 unspecified atom stereocenters. The van der Waals surface area contributed by atoms with Crippen molar-refractivity contribution in [1.82, 2.24) is 9.38 Å². The largest absolute Gasteiger partial charge is 0.478 e. The molecule has 2 N–H and O–H groups in total. The molecule has 160 valence electrons. The lowest BCUT2D eigenvalue weighted by atomic mass is 9.94. The van der Waals surface area contributed by atoms with Crippen molar-refractivity contribution in [2.45, 2.75) is 38.6 Å². The molecule has 1 saturated carbocycles. The van der Waals surface area contributed by atoms with Crippen LogP contribution in [-0.2, 0) is 0 Å². The lowest BCUT2D eigenvalue weighted by molar-refractivity contribution is 0.0698. The van der Waals surface area contributed by atoms with E-state index in [4.69, 9.17) is 4.98 Å². The Morgan fingerprint density at radius 1 is 1.13 bits per heavy atom. The molecule has 7 heteroatoms. The van der Waals surface area contributed by atoms with Gasteiger partial charge in [0, 0.05) is 36.6 Å². The number of para-hydroxylation sites is 1. The van der Waals surface area contributed by atoms with Gasteiger partial charge in [-0.1, -0.05) is 18.2 Å². The lowest BCUT2D eigenvalue weighted by Gasteiger charge is -2.33. The van der Waals surface area contributed by atoms with Crippen molar-refractivity contribution in [3.8, 4) is 0 Å². The Hall–Kier alpha value is -3.35. The fraction of sp³-hybridized carbons (Fsp3) is 0.375. The molecule has 3 heterocycles. The van der Waals surface area contributed by atoms with Gasteiger partial charge < -0.3 is 15.3 Å². The molecule has 1 aliphatic heterocycles. The molecule has 1 aliphatic carbocycles. The van der Waals surface area contributed by atoms with Crippen LogP contribution in [0.1, 0.15) is 54.6 Å². The number of aromatic nitrogens is 2. The molecule has 1 saturated heterocycles. The molecular formula is C24H26N4O3. The summed E-state index contributed by atoms with van der Waals surface area (Å²) in [5.41, 5.74) is 2.65. The molecule has 0 radical (unpaired) electrons. The van der Waals surface area contributed by atoms with Gasteiger partial charge in [-0.3, -0.25) is 9.20 Å². The number of hydrogen-bond acceptors (Lipinski definition) is 5. The van der Waals surface area contributed by atoms with Crippen LogP contribution in [0.2, 0.25) is 0 Å². The van der Waals surface area contributed by atoms with E-state index in [2.05, 4.69) is 10.2 Å². The van der Waals surface area contributed by atoms with Gasteiger partial charge in [-0.25, -0.2) is 9.78 Å². The minimum Gasteiger partial charge on any atom is -0.478 e. The van der Waals surface area contributed by atoms with Crippen molar-refractivity contribution in [2.75, 3.05) is 23.3 Å². The molecule has 2 aliphatic rings. The average Bonchev–Trinajstić information content (AvgIpc) is 3.52. The molecule has 3 aromatic rings. The highest BCUT2D eigenvalue weighted by Crippen LogP contribution is 2.53. The van der Waals surface area contributed by atoms with Crippen LogP contribution < -0.4 is 15.8 Å². The van der Waals surface area contributed by atoms with Gasteiger partial charge in [0.1, 0.15) is 11.5 Å². The third kappa shape index (κ3) is 3.65. The van der Waals surface area contributed by atoms with Crippen molar-refractivity contribution < 1.29 is 9.90 Å². The van der Waals surface area contributed by atoms with Crippen LogP contribution in [0, 0.1) is 5.41 Å². The minimum absolute atomic E-state index is 0.105. The number of hydrogen-bond donors (Lipinski definition) is 2. The van der Waals surface area contributed by atoms with Gasteiger partial charge in [0.05, 0.1) is 11.6 Å². The molecule has 5 rings (SSSR count). The zero-order chi connectivity index (χ0) is 21.6. The number of nitrogens with zero attached hydrogens (tertiary/aromatic N) is 3. The van der Waals surface area contributed by atoms with Gasteiger partial charge in [0.25, 0.3) is 5.56 Å². The van der Waals surface area contributed by atoms with Crippen molar-refractivity contribution in [3.05, 3.63) is 70.1 Å². The van der Waals surface area contributed by atoms with Gasteiger partial charge in [-0.2, -0.15) is 0 Å². The van der Waals surface area contributed by atoms with Crippen molar-refractivity contribution >= 4 is 23.1 Å². The third-order valence-corrected chi connectivity index (χ3v) is 6.81. The number of fused-ring (bicyclic) bond motifs is 1. The van der Waals surface area contributed by atoms with Gasteiger partial charge >= 0.3 is 5.97 Å². The molecule has 31 heavy (non-hydrogen) atoms. The molecule has 1 spiro atoms. The topological polar surface area (TPSA) is 86.9 Å². The second-order valence-electron chi connectivity index (χ2n) is 8.81. The quantitative estimate of drug-likeness (QED) is 0.653. The average molecular weight is 418 g/mol. The highest BCUT2D eigenvalue weighted by molar-refractivity contribution is 5.94. The van der Waals surface area contributed by atoms with Gasteiger partial charge in [-0.15, -0.1) is 0 Å². The fourth-order valence-electron chi connectivity index (χ4n) is 4.63. The summed E-state index contributed by atoms with van der Waals surface area (Å²) in [6, 6.07) is 12.0. The molecule has 2 fully saturated rings. The summed E-state index contributed by atoms with van der Waals surface area (Å²) >= 11 is 0. The van der Waals surface area contributed by atoms with Crippen LogP contribution in [0.4, 0.5) is 11.5 Å². The summed E-state index contributed by atoms with van der Waals surface area (Å²) in [6.07, 6.45) is 6.73. The van der Waals surface area contributed by atoms with E-state index in [1.165, 1.54) is 25.7 Å². The first kappa shape index (κ1) is 19.6. The highest BCUT2D eigenvalue weighted by Gasteiger charge is 2.44. The van der Waals surface area contributed by atoms with E-state index < -0.39 is 5.97 Å². The van der Waals surface area contributed by atoms with Crippen molar-refractivity contribution in [2.24, 2.45) is 5.41 Å². The van der Waals surface area contributed by atoms with Gasteiger partial charge in [-0.05, 0) is 56.2 Å². The lowest BCUT2D eigenvalue weighted by Crippen LogP contribution is -2.36. The number of piperidine rings is 1. The SMILES string of the molecule is C[C@@H](Nc1ccccc1C(=O)O)c1cccn2c(=O)cc(N3CCC4(CC3)CC4)nc12. The Morgan fingerprint density at radius 3 is 2.58 bits per heavy atom. The smallest absolute Gasteiger partial charge is 0.337 e. The summed E-state index contributed by atoms with van der Waals surface area (Å²) < 4.78 is 1.56. The van der Waals surface area contributed by atoms with Gasteiger partial charge in [0.15, 0.2) is 0 Å². The number of aromatic carboxylic acids is 1. The number of nitrogens with one attached hydrogen (secondary N) is 1. The first-order chi connectivity index (χ1) is 15.0. The first-order valence-corrected chi connectivity index (χ1v) is 10.8. The number of anilines is 2. The summed E-state index contributed by atoms with van der Waals surface area (Å²) in [5.74, 6) is -0.255. The Bertz CT molecular complexity index is 1200. The normalized spacial score (nSPS) is 18.2. The fourth-order valence-corrected chi connectivity index (χ4v) is 4.63. The van der Waals surface area contributed by atoms with E-state index in [0.717, 1.165) is 24.5 Å². The number of benzene rings is 1.